The van der Waals surface area contributed by atoms with Crippen molar-refractivity contribution in [3.63, 3.8) is 0 Å². The molecular formula is C12H23BrN2O. The second-order valence-electron chi connectivity index (χ2n) is 4.82. The SMILES string of the molecule is BrCCN1CCN(CC2CCCCO2)CC1. The predicted octanol–water partition coefficient (Wildman–Crippen LogP) is 1.57. The smallest absolute Gasteiger partial charge is 0.0702 e. The van der Waals surface area contributed by atoms with E-state index in [1.807, 2.05) is 0 Å². The van der Waals surface area contributed by atoms with Crippen LogP contribution in [0.5, 0.6) is 0 Å². The zero-order valence-corrected chi connectivity index (χ0v) is 11.6. The van der Waals surface area contributed by atoms with Crippen molar-refractivity contribution in [1.29, 1.82) is 0 Å². The van der Waals surface area contributed by atoms with Crippen LogP contribution in [0.2, 0.25) is 0 Å². The van der Waals surface area contributed by atoms with Crippen LogP contribution in [0.25, 0.3) is 0 Å². The minimum atomic E-state index is 0.511. The van der Waals surface area contributed by atoms with Gasteiger partial charge in [-0.15, -0.1) is 0 Å². The Kier molecular flexibility index (Phi) is 5.56. The number of ether oxygens (including phenoxy) is 1. The Bertz CT molecular complexity index is 189. The van der Waals surface area contributed by atoms with Gasteiger partial charge in [-0.2, -0.15) is 0 Å². The Labute approximate surface area is 107 Å². The van der Waals surface area contributed by atoms with Crippen LogP contribution in [0.3, 0.4) is 0 Å². The molecule has 2 aliphatic heterocycles. The van der Waals surface area contributed by atoms with Crippen LogP contribution in [-0.4, -0.2) is 67.1 Å². The van der Waals surface area contributed by atoms with Gasteiger partial charge in [0.15, 0.2) is 0 Å². The number of piperazine rings is 1. The molecule has 0 aromatic rings. The Morgan fingerprint density at radius 2 is 1.81 bits per heavy atom. The van der Waals surface area contributed by atoms with E-state index < -0.39 is 0 Å². The molecule has 2 fully saturated rings. The van der Waals surface area contributed by atoms with Crippen LogP contribution in [-0.2, 0) is 4.74 Å². The molecule has 2 saturated heterocycles. The van der Waals surface area contributed by atoms with Gasteiger partial charge in [-0.25, -0.2) is 0 Å². The van der Waals surface area contributed by atoms with E-state index in [1.165, 1.54) is 52.0 Å². The maximum atomic E-state index is 5.79. The number of rotatable bonds is 4. The van der Waals surface area contributed by atoms with E-state index in [2.05, 4.69) is 25.7 Å². The lowest BCUT2D eigenvalue weighted by Gasteiger charge is -2.36. The van der Waals surface area contributed by atoms with Crippen LogP contribution < -0.4 is 0 Å². The first-order valence-corrected chi connectivity index (χ1v) is 7.63. The van der Waals surface area contributed by atoms with Crippen LogP contribution in [0, 0.1) is 0 Å². The van der Waals surface area contributed by atoms with Crippen LogP contribution in [0.1, 0.15) is 19.3 Å². The number of hydrogen-bond donors (Lipinski definition) is 0. The Morgan fingerprint density at radius 3 is 2.44 bits per heavy atom. The highest BCUT2D eigenvalue weighted by Crippen LogP contribution is 2.14. The molecule has 3 nitrogen and oxygen atoms in total. The Balaban J connectivity index is 1.64. The van der Waals surface area contributed by atoms with Gasteiger partial charge in [0.05, 0.1) is 6.10 Å². The first-order chi connectivity index (χ1) is 7.88. The summed E-state index contributed by atoms with van der Waals surface area (Å²) in [5.74, 6) is 0. The van der Waals surface area contributed by atoms with E-state index in [1.54, 1.807) is 0 Å². The topological polar surface area (TPSA) is 15.7 Å². The lowest BCUT2D eigenvalue weighted by molar-refractivity contribution is -0.0136. The minimum absolute atomic E-state index is 0.511. The summed E-state index contributed by atoms with van der Waals surface area (Å²) in [6, 6.07) is 0. The van der Waals surface area contributed by atoms with Crippen molar-refractivity contribution in [2.75, 3.05) is 51.2 Å². The van der Waals surface area contributed by atoms with Gasteiger partial charge in [-0.3, -0.25) is 9.80 Å². The predicted molar refractivity (Wildman–Crippen MR) is 70.3 cm³/mol. The summed E-state index contributed by atoms with van der Waals surface area (Å²) >= 11 is 3.50. The van der Waals surface area contributed by atoms with Gasteiger partial charge in [0.2, 0.25) is 0 Å². The third-order valence-corrected chi connectivity index (χ3v) is 3.96. The second kappa shape index (κ2) is 6.94. The highest BCUT2D eigenvalue weighted by Gasteiger charge is 2.21. The summed E-state index contributed by atoms with van der Waals surface area (Å²) in [6.45, 7) is 8.19. The van der Waals surface area contributed by atoms with Crippen molar-refractivity contribution in [2.24, 2.45) is 0 Å². The van der Waals surface area contributed by atoms with Crippen LogP contribution in [0.15, 0.2) is 0 Å². The van der Waals surface area contributed by atoms with Gasteiger partial charge < -0.3 is 4.74 Å². The van der Waals surface area contributed by atoms with E-state index >= 15 is 0 Å². The van der Waals surface area contributed by atoms with Crippen LogP contribution in [0.4, 0.5) is 0 Å². The summed E-state index contributed by atoms with van der Waals surface area (Å²) in [6.07, 6.45) is 4.39. The van der Waals surface area contributed by atoms with Crippen molar-refractivity contribution in [3.8, 4) is 0 Å². The molecule has 0 amide bonds. The molecule has 1 atom stereocenters. The molecular weight excluding hydrogens is 268 g/mol. The van der Waals surface area contributed by atoms with E-state index in [-0.39, 0.29) is 0 Å². The van der Waals surface area contributed by atoms with E-state index in [4.69, 9.17) is 4.74 Å². The van der Waals surface area contributed by atoms with Gasteiger partial charge in [-0.05, 0) is 19.3 Å². The molecule has 16 heavy (non-hydrogen) atoms. The number of nitrogens with zero attached hydrogens (tertiary/aromatic N) is 2. The zero-order valence-electron chi connectivity index (χ0n) is 10.0. The summed E-state index contributed by atoms with van der Waals surface area (Å²) in [7, 11) is 0. The highest BCUT2D eigenvalue weighted by molar-refractivity contribution is 9.09. The molecule has 4 heteroatoms. The quantitative estimate of drug-likeness (QED) is 0.731. The molecule has 0 bridgehead atoms. The third kappa shape index (κ3) is 3.99. The fourth-order valence-electron chi connectivity index (χ4n) is 2.55. The molecule has 0 aliphatic carbocycles. The molecule has 0 N–H and O–H groups in total. The Morgan fingerprint density at radius 1 is 1.06 bits per heavy atom. The van der Waals surface area contributed by atoms with Gasteiger partial charge >= 0.3 is 0 Å². The summed E-state index contributed by atoms with van der Waals surface area (Å²) in [5, 5.41) is 1.10. The average molecular weight is 291 g/mol. The Hall–Kier alpha value is 0.360. The fraction of sp³-hybridized carbons (Fsp3) is 1.00. The number of alkyl halides is 1. The molecule has 0 spiro atoms. The average Bonchev–Trinajstić information content (AvgIpc) is 2.33. The summed E-state index contributed by atoms with van der Waals surface area (Å²) in [4.78, 5) is 5.10. The van der Waals surface area contributed by atoms with Gasteiger partial charge in [0.1, 0.15) is 0 Å². The zero-order chi connectivity index (χ0) is 11.2. The van der Waals surface area contributed by atoms with Crippen molar-refractivity contribution in [1.82, 2.24) is 9.80 Å². The maximum Gasteiger partial charge on any atom is 0.0702 e. The molecule has 94 valence electrons. The number of hydrogen-bond acceptors (Lipinski definition) is 3. The monoisotopic (exact) mass is 290 g/mol. The minimum Gasteiger partial charge on any atom is -0.377 e. The van der Waals surface area contributed by atoms with Gasteiger partial charge in [0.25, 0.3) is 0 Å². The fourth-order valence-corrected chi connectivity index (χ4v) is 3.06. The van der Waals surface area contributed by atoms with Crippen molar-refractivity contribution in [2.45, 2.75) is 25.4 Å². The van der Waals surface area contributed by atoms with Crippen molar-refractivity contribution in [3.05, 3.63) is 0 Å². The standard InChI is InChI=1S/C12H23BrN2O/c13-4-5-14-6-8-15(9-7-14)11-12-3-1-2-10-16-12/h12H,1-11H2. The molecule has 1 unspecified atom stereocenters. The van der Waals surface area contributed by atoms with Crippen molar-refractivity contribution < 1.29 is 4.74 Å². The van der Waals surface area contributed by atoms with E-state index in [0.29, 0.717) is 6.10 Å². The third-order valence-electron chi connectivity index (χ3n) is 3.60. The molecule has 2 aliphatic rings. The summed E-state index contributed by atoms with van der Waals surface area (Å²) < 4.78 is 5.79. The lowest BCUT2D eigenvalue weighted by atomic mass is 10.1. The van der Waals surface area contributed by atoms with E-state index in [0.717, 1.165) is 18.5 Å². The maximum absolute atomic E-state index is 5.79. The largest absolute Gasteiger partial charge is 0.377 e. The first kappa shape index (κ1) is 12.8. The first-order valence-electron chi connectivity index (χ1n) is 6.51. The molecule has 0 aromatic heterocycles. The van der Waals surface area contributed by atoms with Gasteiger partial charge in [0, 0.05) is 51.2 Å². The molecule has 2 heterocycles. The lowest BCUT2D eigenvalue weighted by Crippen LogP contribution is -2.49. The molecule has 0 radical (unpaired) electrons. The molecule has 0 aromatic carbocycles. The highest BCUT2D eigenvalue weighted by atomic mass is 79.9. The molecule has 0 saturated carbocycles. The normalized spacial score (nSPS) is 29.4. The van der Waals surface area contributed by atoms with Crippen molar-refractivity contribution >= 4 is 15.9 Å². The van der Waals surface area contributed by atoms with E-state index in [9.17, 15) is 0 Å². The second-order valence-corrected chi connectivity index (χ2v) is 5.61. The van der Waals surface area contributed by atoms with Gasteiger partial charge in [-0.1, -0.05) is 15.9 Å². The number of halogens is 1. The summed E-state index contributed by atoms with van der Waals surface area (Å²) in [5.41, 5.74) is 0. The molecule has 2 rings (SSSR count). The van der Waals surface area contributed by atoms with Crippen LogP contribution >= 0.6 is 15.9 Å².